The first kappa shape index (κ1) is 22.1. The molecule has 0 aliphatic heterocycles. The molecule has 0 amide bonds. The van der Waals surface area contributed by atoms with E-state index in [1.54, 1.807) is 0 Å². The van der Waals surface area contributed by atoms with Crippen LogP contribution in [-0.2, 0) is 0 Å². The standard InChI is InChI=1S/C35H20N4O2/c1-4-13-28-25(11-1)32-29(17-16-24-23-10-2-5-14-30(23)40-33(24)32)39(28)35-36-19-18-26(38-35)21-8-7-9-22(20-21)34-37-27-12-3-6-15-31(27)41-34/h1-20H. The molecule has 9 rings (SSSR count). The van der Waals surface area contributed by atoms with Gasteiger partial charge in [0.1, 0.15) is 16.7 Å². The number of nitrogens with zero attached hydrogens (tertiary/aromatic N) is 4. The van der Waals surface area contributed by atoms with Crippen molar-refractivity contribution in [3.63, 3.8) is 0 Å². The second-order valence-electron chi connectivity index (χ2n) is 10.1. The number of rotatable bonds is 3. The van der Waals surface area contributed by atoms with E-state index in [2.05, 4.69) is 52.0 Å². The van der Waals surface area contributed by atoms with Crippen LogP contribution in [0.25, 0.3) is 83.5 Å². The lowest BCUT2D eigenvalue weighted by Crippen LogP contribution is -2.01. The average Bonchev–Trinajstić information content (AvgIpc) is 3.73. The second kappa shape index (κ2) is 8.37. The van der Waals surface area contributed by atoms with Crippen molar-refractivity contribution in [2.24, 2.45) is 0 Å². The van der Waals surface area contributed by atoms with Gasteiger partial charge in [0.25, 0.3) is 0 Å². The fraction of sp³-hybridized carbons (Fsp3) is 0. The summed E-state index contributed by atoms with van der Waals surface area (Å²) in [6, 6.07) is 38.6. The number of fused-ring (bicyclic) bond motifs is 8. The Labute approximate surface area is 233 Å². The Morgan fingerprint density at radius 3 is 2.29 bits per heavy atom. The molecule has 4 aromatic heterocycles. The minimum absolute atomic E-state index is 0.583. The first-order valence-corrected chi connectivity index (χ1v) is 13.4. The van der Waals surface area contributed by atoms with E-state index in [4.69, 9.17) is 18.8 Å². The Morgan fingerprint density at radius 1 is 0.561 bits per heavy atom. The van der Waals surface area contributed by atoms with Crippen LogP contribution in [0, 0.1) is 0 Å². The van der Waals surface area contributed by atoms with Crippen LogP contribution in [-0.4, -0.2) is 19.5 Å². The zero-order valence-corrected chi connectivity index (χ0v) is 21.7. The molecule has 0 aliphatic carbocycles. The molecule has 0 unspecified atom stereocenters. The molecule has 6 heteroatoms. The van der Waals surface area contributed by atoms with Gasteiger partial charge in [-0.3, -0.25) is 4.57 Å². The number of hydrogen-bond donors (Lipinski definition) is 0. The average molecular weight is 529 g/mol. The first-order chi connectivity index (χ1) is 20.3. The maximum absolute atomic E-state index is 6.42. The summed E-state index contributed by atoms with van der Waals surface area (Å²) in [7, 11) is 0. The van der Waals surface area contributed by atoms with Crippen LogP contribution >= 0.6 is 0 Å². The maximum atomic E-state index is 6.42. The molecule has 0 aliphatic rings. The normalized spacial score (nSPS) is 11.9. The monoisotopic (exact) mass is 528 g/mol. The van der Waals surface area contributed by atoms with Crippen molar-refractivity contribution in [1.29, 1.82) is 0 Å². The Morgan fingerprint density at radius 2 is 1.37 bits per heavy atom. The molecule has 192 valence electrons. The van der Waals surface area contributed by atoms with E-state index < -0.39 is 0 Å². The van der Waals surface area contributed by atoms with Crippen LogP contribution in [0.2, 0.25) is 0 Å². The van der Waals surface area contributed by atoms with E-state index in [-0.39, 0.29) is 0 Å². The molecule has 0 N–H and O–H groups in total. The quantitative estimate of drug-likeness (QED) is 0.229. The summed E-state index contributed by atoms with van der Waals surface area (Å²) in [5.74, 6) is 1.18. The highest BCUT2D eigenvalue weighted by Gasteiger charge is 2.20. The zero-order chi connectivity index (χ0) is 26.9. The highest BCUT2D eigenvalue weighted by molar-refractivity contribution is 6.23. The molecule has 0 saturated carbocycles. The van der Waals surface area contributed by atoms with Gasteiger partial charge in [-0.25, -0.2) is 15.0 Å². The maximum Gasteiger partial charge on any atom is 0.235 e. The van der Waals surface area contributed by atoms with Crippen LogP contribution in [0.1, 0.15) is 0 Å². The molecule has 0 saturated heterocycles. The SMILES string of the molecule is c1cc(-c2ccnc(-n3c4ccccc4c4c5oc6ccccc6c5ccc43)n2)cc(-c2nc3ccccc3o2)c1. The third-order valence-electron chi connectivity index (χ3n) is 7.72. The Bertz CT molecular complexity index is 2410. The number of para-hydroxylation sites is 4. The molecule has 5 aromatic carbocycles. The molecular formula is C35H20N4O2. The summed E-state index contributed by atoms with van der Waals surface area (Å²) in [5, 5.41) is 4.36. The predicted octanol–water partition coefficient (Wildman–Crippen LogP) is 8.95. The van der Waals surface area contributed by atoms with Gasteiger partial charge in [-0.15, -0.1) is 0 Å². The lowest BCUT2D eigenvalue weighted by molar-refractivity contribution is 0.620. The summed E-state index contributed by atoms with van der Waals surface area (Å²) in [5.41, 5.74) is 8.03. The van der Waals surface area contributed by atoms with Gasteiger partial charge >= 0.3 is 0 Å². The topological polar surface area (TPSA) is 69.9 Å². The van der Waals surface area contributed by atoms with Gasteiger partial charge in [-0.2, -0.15) is 0 Å². The smallest absolute Gasteiger partial charge is 0.235 e. The van der Waals surface area contributed by atoms with Crippen molar-refractivity contribution >= 4 is 54.8 Å². The highest BCUT2D eigenvalue weighted by Crippen LogP contribution is 2.40. The van der Waals surface area contributed by atoms with Gasteiger partial charge in [-0.1, -0.05) is 60.7 Å². The molecule has 0 fully saturated rings. The van der Waals surface area contributed by atoms with Gasteiger partial charge in [0.15, 0.2) is 5.58 Å². The van der Waals surface area contributed by atoms with Gasteiger partial charge in [-0.05, 0) is 54.6 Å². The number of hydrogen-bond acceptors (Lipinski definition) is 5. The van der Waals surface area contributed by atoms with E-state index in [0.717, 1.165) is 71.7 Å². The largest absolute Gasteiger partial charge is 0.455 e. The van der Waals surface area contributed by atoms with Crippen molar-refractivity contribution < 1.29 is 8.83 Å². The summed E-state index contributed by atoms with van der Waals surface area (Å²) in [6.07, 6.45) is 1.81. The minimum Gasteiger partial charge on any atom is -0.455 e. The Hall–Kier alpha value is -5.75. The van der Waals surface area contributed by atoms with Crippen LogP contribution in [0.5, 0.6) is 0 Å². The van der Waals surface area contributed by atoms with Crippen molar-refractivity contribution in [3.05, 3.63) is 121 Å². The lowest BCUT2D eigenvalue weighted by Gasteiger charge is -2.08. The highest BCUT2D eigenvalue weighted by atomic mass is 16.3. The van der Waals surface area contributed by atoms with E-state index in [1.807, 2.05) is 79.0 Å². The van der Waals surface area contributed by atoms with Gasteiger partial charge in [0, 0.05) is 33.5 Å². The summed E-state index contributed by atoms with van der Waals surface area (Å²) < 4.78 is 14.6. The molecule has 4 heterocycles. The Balaban J connectivity index is 1.23. The van der Waals surface area contributed by atoms with E-state index in [1.165, 1.54) is 0 Å². The first-order valence-electron chi connectivity index (χ1n) is 13.4. The van der Waals surface area contributed by atoms with Crippen LogP contribution in [0.15, 0.2) is 130 Å². The second-order valence-corrected chi connectivity index (χ2v) is 10.1. The van der Waals surface area contributed by atoms with E-state index in [0.29, 0.717) is 11.8 Å². The minimum atomic E-state index is 0.583. The molecule has 0 radical (unpaired) electrons. The summed E-state index contributed by atoms with van der Waals surface area (Å²) >= 11 is 0. The molecule has 0 spiro atoms. The molecule has 9 aromatic rings. The van der Waals surface area contributed by atoms with Crippen molar-refractivity contribution in [2.75, 3.05) is 0 Å². The molecule has 41 heavy (non-hydrogen) atoms. The van der Waals surface area contributed by atoms with Crippen LogP contribution < -0.4 is 0 Å². The van der Waals surface area contributed by atoms with Gasteiger partial charge in [0.05, 0.1) is 22.1 Å². The van der Waals surface area contributed by atoms with Gasteiger partial charge < -0.3 is 8.83 Å². The summed E-state index contributed by atoms with van der Waals surface area (Å²) in [4.78, 5) is 14.5. The third-order valence-corrected chi connectivity index (χ3v) is 7.72. The molecule has 0 bridgehead atoms. The van der Waals surface area contributed by atoms with Crippen molar-refractivity contribution in [3.8, 4) is 28.7 Å². The fourth-order valence-electron chi connectivity index (χ4n) is 5.87. The van der Waals surface area contributed by atoms with E-state index in [9.17, 15) is 0 Å². The fourth-order valence-corrected chi connectivity index (χ4v) is 5.87. The predicted molar refractivity (Wildman–Crippen MR) is 162 cm³/mol. The lowest BCUT2D eigenvalue weighted by atomic mass is 10.1. The number of aromatic nitrogens is 4. The number of benzene rings is 5. The molecular weight excluding hydrogens is 508 g/mol. The van der Waals surface area contributed by atoms with Crippen molar-refractivity contribution in [2.45, 2.75) is 0 Å². The van der Waals surface area contributed by atoms with Gasteiger partial charge in [0.2, 0.25) is 11.8 Å². The zero-order valence-electron chi connectivity index (χ0n) is 21.7. The number of oxazole rings is 1. The molecule has 0 atom stereocenters. The summed E-state index contributed by atoms with van der Waals surface area (Å²) in [6.45, 7) is 0. The third kappa shape index (κ3) is 3.28. The van der Waals surface area contributed by atoms with Crippen LogP contribution in [0.4, 0.5) is 0 Å². The Kier molecular flexibility index (Phi) is 4.51. The van der Waals surface area contributed by atoms with Crippen molar-refractivity contribution in [1.82, 2.24) is 19.5 Å². The number of furan rings is 1. The van der Waals surface area contributed by atoms with Crippen LogP contribution in [0.3, 0.4) is 0 Å². The van der Waals surface area contributed by atoms with E-state index >= 15 is 0 Å². The molecule has 6 nitrogen and oxygen atoms in total.